The summed E-state index contributed by atoms with van der Waals surface area (Å²) in [6.45, 7) is 2.21. The van der Waals surface area contributed by atoms with Crippen molar-refractivity contribution in [2.45, 2.75) is 6.92 Å². The lowest BCUT2D eigenvalue weighted by atomic mass is 10.2. The highest BCUT2D eigenvalue weighted by Crippen LogP contribution is 2.32. The quantitative estimate of drug-likeness (QED) is 0.306. The van der Waals surface area contributed by atoms with Crippen LogP contribution in [0.1, 0.15) is 22.8 Å². The summed E-state index contributed by atoms with van der Waals surface area (Å²) in [4.78, 5) is 26.3. The maximum atomic E-state index is 12.2. The van der Waals surface area contributed by atoms with Crippen LogP contribution in [0.5, 0.6) is 23.1 Å². The van der Waals surface area contributed by atoms with Crippen molar-refractivity contribution in [2.24, 2.45) is 5.10 Å². The molecule has 3 rings (SSSR count). The molecule has 0 atom stereocenters. The number of nitrogens with one attached hydrogen (secondary N) is 1. The van der Waals surface area contributed by atoms with Gasteiger partial charge < -0.3 is 14.2 Å². The monoisotopic (exact) mass is 436 g/mol. The summed E-state index contributed by atoms with van der Waals surface area (Å²) in [7, 11) is 1.55. The zero-order valence-electron chi connectivity index (χ0n) is 17.3. The van der Waals surface area contributed by atoms with E-state index in [0.29, 0.717) is 35.0 Å². The molecule has 0 saturated carbocycles. The van der Waals surface area contributed by atoms with Crippen LogP contribution in [0.15, 0.2) is 65.9 Å². The van der Waals surface area contributed by atoms with Gasteiger partial charge in [0.1, 0.15) is 11.9 Å². The number of hydrogen-bond donors (Lipinski definition) is 1. The third-order valence-electron chi connectivity index (χ3n) is 4.15. The van der Waals surface area contributed by atoms with Gasteiger partial charge in [0, 0.05) is 17.7 Å². The molecular formula is C22H20N4O6. The van der Waals surface area contributed by atoms with Crippen LogP contribution in [-0.2, 0) is 0 Å². The maximum Gasteiger partial charge on any atom is 0.287 e. The van der Waals surface area contributed by atoms with Gasteiger partial charge in [-0.05, 0) is 55.0 Å². The number of carbonyl (C=O) groups is 1. The number of aromatic nitrogens is 1. The van der Waals surface area contributed by atoms with Crippen LogP contribution in [0.3, 0.4) is 0 Å². The fourth-order valence-electron chi connectivity index (χ4n) is 2.58. The Bertz CT molecular complexity index is 1110. The lowest BCUT2D eigenvalue weighted by Crippen LogP contribution is -2.17. The highest BCUT2D eigenvalue weighted by molar-refractivity contribution is 5.95. The van der Waals surface area contributed by atoms with E-state index >= 15 is 0 Å². The lowest BCUT2D eigenvalue weighted by molar-refractivity contribution is -0.385. The molecule has 0 spiro atoms. The van der Waals surface area contributed by atoms with Crippen LogP contribution in [0.25, 0.3) is 0 Å². The van der Waals surface area contributed by atoms with E-state index in [1.54, 1.807) is 49.6 Å². The van der Waals surface area contributed by atoms with E-state index in [-0.39, 0.29) is 17.5 Å². The van der Waals surface area contributed by atoms with E-state index in [2.05, 4.69) is 15.5 Å². The smallest absolute Gasteiger partial charge is 0.287 e. The third-order valence-corrected chi connectivity index (χ3v) is 4.15. The number of amides is 1. The van der Waals surface area contributed by atoms with Crippen molar-refractivity contribution in [1.82, 2.24) is 10.4 Å². The molecule has 0 radical (unpaired) electrons. The molecule has 164 valence electrons. The number of nitrogens with zero attached hydrogens (tertiary/aromatic N) is 3. The van der Waals surface area contributed by atoms with Gasteiger partial charge in [0.05, 0.1) is 24.9 Å². The number of rotatable bonds is 9. The average molecular weight is 436 g/mol. The summed E-state index contributed by atoms with van der Waals surface area (Å²) in [6, 6.07) is 14.4. The molecule has 1 heterocycles. The molecule has 0 saturated heterocycles. The second-order valence-electron chi connectivity index (χ2n) is 6.28. The van der Waals surface area contributed by atoms with Crippen molar-refractivity contribution >= 4 is 17.8 Å². The Balaban J connectivity index is 1.68. The van der Waals surface area contributed by atoms with Crippen molar-refractivity contribution in [3.63, 3.8) is 0 Å². The Labute approximate surface area is 183 Å². The van der Waals surface area contributed by atoms with Crippen LogP contribution in [-0.4, -0.2) is 35.7 Å². The summed E-state index contributed by atoms with van der Waals surface area (Å²) in [5, 5.41) is 14.7. The molecule has 10 heteroatoms. The predicted octanol–water partition coefficient (Wildman–Crippen LogP) is 3.95. The lowest BCUT2D eigenvalue weighted by Gasteiger charge is -2.11. The largest absolute Gasteiger partial charge is 0.497 e. The van der Waals surface area contributed by atoms with Gasteiger partial charge in [-0.2, -0.15) is 5.10 Å². The van der Waals surface area contributed by atoms with Gasteiger partial charge >= 0.3 is 0 Å². The topological polar surface area (TPSA) is 125 Å². The third kappa shape index (κ3) is 5.79. The van der Waals surface area contributed by atoms with E-state index in [9.17, 15) is 14.9 Å². The van der Waals surface area contributed by atoms with Gasteiger partial charge in [-0.3, -0.25) is 14.9 Å². The molecule has 3 aromatic rings. The normalized spacial score (nSPS) is 10.6. The Kier molecular flexibility index (Phi) is 7.31. The molecule has 2 aromatic carbocycles. The molecule has 10 nitrogen and oxygen atoms in total. The molecule has 1 amide bonds. The summed E-state index contributed by atoms with van der Waals surface area (Å²) >= 11 is 0. The van der Waals surface area contributed by atoms with Crippen molar-refractivity contribution in [3.05, 3.63) is 82.0 Å². The number of nitro groups is 1. The fraction of sp³-hybridized carbons (Fsp3) is 0.136. The Hall–Kier alpha value is -4.47. The highest BCUT2D eigenvalue weighted by Gasteiger charge is 2.11. The first-order valence-corrected chi connectivity index (χ1v) is 9.52. The van der Waals surface area contributed by atoms with Crippen molar-refractivity contribution < 1.29 is 23.9 Å². The average Bonchev–Trinajstić information content (AvgIpc) is 2.81. The molecule has 0 aliphatic carbocycles. The minimum absolute atomic E-state index is 0.134. The number of hydrogen-bond acceptors (Lipinski definition) is 8. The van der Waals surface area contributed by atoms with Gasteiger partial charge in [0.15, 0.2) is 11.5 Å². The molecule has 0 fully saturated rings. The highest BCUT2D eigenvalue weighted by atomic mass is 16.6. The number of methoxy groups -OCH3 is 1. The Morgan fingerprint density at radius 3 is 2.56 bits per heavy atom. The molecule has 0 unspecified atom stereocenters. The van der Waals surface area contributed by atoms with Gasteiger partial charge in [-0.1, -0.05) is 0 Å². The van der Waals surface area contributed by atoms with Crippen molar-refractivity contribution in [1.29, 1.82) is 0 Å². The van der Waals surface area contributed by atoms with Gasteiger partial charge in [-0.15, -0.1) is 0 Å². The van der Waals surface area contributed by atoms with E-state index < -0.39 is 4.92 Å². The fourth-order valence-corrected chi connectivity index (χ4v) is 2.58. The molecule has 0 bridgehead atoms. The number of benzene rings is 2. The minimum atomic E-state index is -0.538. The van der Waals surface area contributed by atoms with E-state index in [0.717, 1.165) is 6.20 Å². The number of pyridine rings is 1. The van der Waals surface area contributed by atoms with Gasteiger partial charge in [0.2, 0.25) is 5.88 Å². The maximum absolute atomic E-state index is 12.2. The summed E-state index contributed by atoms with van der Waals surface area (Å²) < 4.78 is 16.4. The van der Waals surface area contributed by atoms with Gasteiger partial charge in [0.25, 0.3) is 11.6 Å². The first-order valence-electron chi connectivity index (χ1n) is 9.52. The Morgan fingerprint density at radius 1 is 1.16 bits per heavy atom. The summed E-state index contributed by atoms with van der Waals surface area (Å²) in [5.74, 6) is 1.29. The van der Waals surface area contributed by atoms with Crippen LogP contribution in [0, 0.1) is 10.1 Å². The number of carbonyl (C=O) groups excluding carboxylic acids is 1. The number of hydrazone groups is 1. The zero-order chi connectivity index (χ0) is 22.9. The van der Waals surface area contributed by atoms with Gasteiger partial charge in [-0.25, -0.2) is 10.4 Å². The molecular weight excluding hydrogens is 416 g/mol. The second kappa shape index (κ2) is 10.5. The van der Waals surface area contributed by atoms with Crippen LogP contribution < -0.4 is 19.6 Å². The second-order valence-corrected chi connectivity index (χ2v) is 6.28. The van der Waals surface area contributed by atoms with Crippen LogP contribution in [0.4, 0.5) is 5.69 Å². The minimum Gasteiger partial charge on any atom is -0.497 e. The zero-order valence-corrected chi connectivity index (χ0v) is 17.3. The first-order chi connectivity index (χ1) is 15.5. The summed E-state index contributed by atoms with van der Waals surface area (Å²) in [6.07, 6.45) is 2.58. The predicted molar refractivity (Wildman–Crippen MR) is 117 cm³/mol. The summed E-state index contributed by atoms with van der Waals surface area (Å²) in [5.41, 5.74) is 3.43. The van der Waals surface area contributed by atoms with Crippen LogP contribution in [0.2, 0.25) is 0 Å². The molecule has 1 aromatic heterocycles. The Morgan fingerprint density at radius 2 is 1.94 bits per heavy atom. The first kappa shape index (κ1) is 22.2. The van der Waals surface area contributed by atoms with Crippen LogP contribution >= 0.6 is 0 Å². The number of ether oxygens (including phenoxy) is 3. The molecule has 32 heavy (non-hydrogen) atoms. The standard InChI is InChI=1S/C22H20N4O6/c1-3-31-20-12-15(13-24-25-22(27)16-5-8-18(30-2)9-6-16)4-10-19(20)32-21-11-7-17(14-23-21)26(28)29/h4-14H,3H2,1-2H3,(H,25,27)/b24-13+. The van der Waals surface area contributed by atoms with E-state index in [1.807, 2.05) is 6.92 Å². The molecule has 1 N–H and O–H groups in total. The van der Waals surface area contributed by atoms with E-state index in [1.165, 1.54) is 18.3 Å². The van der Waals surface area contributed by atoms with Crippen molar-refractivity contribution in [2.75, 3.05) is 13.7 Å². The molecule has 0 aliphatic rings. The molecule has 0 aliphatic heterocycles. The van der Waals surface area contributed by atoms with Crippen molar-refractivity contribution in [3.8, 4) is 23.1 Å². The SMILES string of the molecule is CCOc1cc(/C=N/NC(=O)c2ccc(OC)cc2)ccc1Oc1ccc([N+](=O)[O-])cn1. The van der Waals surface area contributed by atoms with E-state index in [4.69, 9.17) is 14.2 Å².